The van der Waals surface area contributed by atoms with Gasteiger partial charge in [-0.3, -0.25) is 9.59 Å². The highest BCUT2D eigenvalue weighted by Crippen LogP contribution is 2.11. The number of ether oxygens (including phenoxy) is 1. The number of hydrogen-bond donors (Lipinski definition) is 2. The number of aliphatic hydroxyl groups excluding tert-OH is 1. The van der Waals surface area contributed by atoms with Crippen molar-refractivity contribution in [1.82, 2.24) is 5.32 Å². The smallest absolute Gasteiger partial charge is 0.287 e. The first kappa shape index (κ1) is 15.2. The van der Waals surface area contributed by atoms with Crippen LogP contribution in [0.4, 0.5) is 0 Å². The molecule has 1 aromatic heterocycles. The highest BCUT2D eigenvalue weighted by molar-refractivity contribution is 5.93. The lowest BCUT2D eigenvalue weighted by molar-refractivity contribution is 0.0852. The molecule has 2 rings (SSSR count). The minimum absolute atomic E-state index is 0.0576. The second kappa shape index (κ2) is 7.01. The van der Waals surface area contributed by atoms with Crippen LogP contribution < -0.4 is 10.7 Å². The first-order chi connectivity index (χ1) is 10.2. The van der Waals surface area contributed by atoms with Gasteiger partial charge in [-0.15, -0.1) is 0 Å². The van der Waals surface area contributed by atoms with Gasteiger partial charge in [0.1, 0.15) is 5.58 Å². The van der Waals surface area contributed by atoms with Gasteiger partial charge in [-0.05, 0) is 18.6 Å². The summed E-state index contributed by atoms with van der Waals surface area (Å²) in [5.74, 6) is -0.564. The van der Waals surface area contributed by atoms with Gasteiger partial charge in [0.15, 0.2) is 11.2 Å². The lowest BCUT2D eigenvalue weighted by Crippen LogP contribution is -2.39. The van der Waals surface area contributed by atoms with E-state index >= 15 is 0 Å². The zero-order chi connectivity index (χ0) is 15.2. The molecule has 1 heterocycles. The third kappa shape index (κ3) is 3.68. The molecule has 6 heteroatoms. The molecule has 0 saturated carbocycles. The summed E-state index contributed by atoms with van der Waals surface area (Å²) in [5.41, 5.74) is 0.0908. The van der Waals surface area contributed by atoms with Crippen LogP contribution in [0.2, 0.25) is 0 Å². The summed E-state index contributed by atoms with van der Waals surface area (Å²) in [6.45, 7) is 0.195. The maximum atomic E-state index is 12.1. The van der Waals surface area contributed by atoms with Gasteiger partial charge in [0.25, 0.3) is 5.91 Å². The van der Waals surface area contributed by atoms with Crippen LogP contribution in [-0.2, 0) is 4.74 Å². The Morgan fingerprint density at radius 2 is 2.19 bits per heavy atom. The molecule has 1 amide bonds. The fourth-order valence-corrected chi connectivity index (χ4v) is 2.03. The highest BCUT2D eigenvalue weighted by atomic mass is 16.5. The molecule has 2 aromatic rings. The SMILES string of the molecule is COCC(CCO)NC(=O)c1cc(=O)c2ccccc2o1. The fourth-order valence-electron chi connectivity index (χ4n) is 2.03. The van der Waals surface area contributed by atoms with Crippen LogP contribution >= 0.6 is 0 Å². The summed E-state index contributed by atoms with van der Waals surface area (Å²) in [5, 5.41) is 12.1. The number of rotatable bonds is 6. The molecule has 6 nitrogen and oxygen atoms in total. The van der Waals surface area contributed by atoms with Gasteiger partial charge in [-0.2, -0.15) is 0 Å². The van der Waals surface area contributed by atoms with Gasteiger partial charge < -0.3 is 19.6 Å². The van der Waals surface area contributed by atoms with E-state index in [1.54, 1.807) is 24.3 Å². The summed E-state index contributed by atoms with van der Waals surface area (Å²) >= 11 is 0. The molecule has 2 N–H and O–H groups in total. The molecule has 0 radical (unpaired) electrons. The van der Waals surface area contributed by atoms with Crippen LogP contribution in [0, 0.1) is 0 Å². The quantitative estimate of drug-likeness (QED) is 0.826. The maximum absolute atomic E-state index is 12.1. The van der Waals surface area contributed by atoms with E-state index in [0.717, 1.165) is 0 Å². The Kier molecular flexibility index (Phi) is 5.08. The summed E-state index contributed by atoms with van der Waals surface area (Å²) in [6, 6.07) is 7.56. The lowest BCUT2D eigenvalue weighted by Gasteiger charge is -2.16. The molecule has 0 spiro atoms. The second-order valence-electron chi connectivity index (χ2n) is 4.61. The molecule has 21 heavy (non-hydrogen) atoms. The number of aliphatic hydroxyl groups is 1. The van der Waals surface area contributed by atoms with Gasteiger partial charge in [0, 0.05) is 19.8 Å². The van der Waals surface area contributed by atoms with Crippen molar-refractivity contribution in [3.63, 3.8) is 0 Å². The Bertz CT molecular complexity index is 673. The van der Waals surface area contributed by atoms with Gasteiger partial charge in [-0.1, -0.05) is 12.1 Å². The van der Waals surface area contributed by atoms with Crippen molar-refractivity contribution in [2.24, 2.45) is 0 Å². The summed E-state index contributed by atoms with van der Waals surface area (Å²) in [6.07, 6.45) is 0.359. The zero-order valence-corrected chi connectivity index (χ0v) is 11.7. The molecule has 0 fully saturated rings. The van der Waals surface area contributed by atoms with Crippen molar-refractivity contribution in [2.75, 3.05) is 20.3 Å². The minimum Gasteiger partial charge on any atom is -0.451 e. The molecule has 1 aromatic carbocycles. The third-order valence-electron chi connectivity index (χ3n) is 3.04. The molecule has 1 atom stereocenters. The average Bonchev–Trinajstić information content (AvgIpc) is 2.47. The molecule has 0 saturated heterocycles. The largest absolute Gasteiger partial charge is 0.451 e. The van der Waals surface area contributed by atoms with E-state index in [-0.39, 0.29) is 30.4 Å². The monoisotopic (exact) mass is 291 g/mol. The molecule has 0 aliphatic rings. The van der Waals surface area contributed by atoms with Crippen molar-refractivity contribution < 1.29 is 19.1 Å². The van der Waals surface area contributed by atoms with Crippen LogP contribution in [0.25, 0.3) is 11.0 Å². The van der Waals surface area contributed by atoms with Gasteiger partial charge in [0.2, 0.25) is 0 Å². The molecule has 112 valence electrons. The van der Waals surface area contributed by atoms with E-state index in [1.807, 2.05) is 0 Å². The van der Waals surface area contributed by atoms with Crippen LogP contribution in [0.3, 0.4) is 0 Å². The van der Waals surface area contributed by atoms with E-state index in [9.17, 15) is 9.59 Å². The molecule has 1 unspecified atom stereocenters. The Labute approximate surface area is 121 Å². The topological polar surface area (TPSA) is 88.8 Å². The van der Waals surface area contributed by atoms with Crippen molar-refractivity contribution in [2.45, 2.75) is 12.5 Å². The van der Waals surface area contributed by atoms with Crippen LogP contribution in [0.15, 0.2) is 39.5 Å². The van der Waals surface area contributed by atoms with Gasteiger partial charge in [-0.25, -0.2) is 0 Å². The summed E-state index contributed by atoms with van der Waals surface area (Å²) in [7, 11) is 1.51. The first-order valence-corrected chi connectivity index (χ1v) is 6.59. The van der Waals surface area contributed by atoms with E-state index < -0.39 is 5.91 Å². The number of carbonyl (C=O) groups is 1. The number of para-hydroxylation sites is 1. The van der Waals surface area contributed by atoms with E-state index in [1.165, 1.54) is 13.2 Å². The predicted molar refractivity (Wildman–Crippen MR) is 77.3 cm³/mol. The van der Waals surface area contributed by atoms with Gasteiger partial charge in [0.05, 0.1) is 18.0 Å². The lowest BCUT2D eigenvalue weighted by atomic mass is 10.2. The number of carbonyl (C=O) groups excluding carboxylic acids is 1. The van der Waals surface area contributed by atoms with E-state index in [4.69, 9.17) is 14.3 Å². The Hall–Kier alpha value is -2.18. The standard InChI is InChI=1S/C15H17NO5/c1-20-9-10(6-7-17)16-15(19)14-8-12(18)11-4-2-3-5-13(11)21-14/h2-5,8,10,17H,6-7,9H2,1H3,(H,16,19). The summed E-state index contributed by atoms with van der Waals surface area (Å²) in [4.78, 5) is 24.1. The van der Waals surface area contributed by atoms with Crippen molar-refractivity contribution in [3.05, 3.63) is 46.3 Å². The van der Waals surface area contributed by atoms with Crippen molar-refractivity contribution >= 4 is 16.9 Å². The van der Waals surface area contributed by atoms with Gasteiger partial charge >= 0.3 is 0 Å². The number of nitrogens with one attached hydrogen (secondary N) is 1. The molecular weight excluding hydrogens is 274 g/mol. The number of benzene rings is 1. The highest BCUT2D eigenvalue weighted by Gasteiger charge is 2.16. The van der Waals surface area contributed by atoms with Crippen molar-refractivity contribution in [1.29, 1.82) is 0 Å². The third-order valence-corrected chi connectivity index (χ3v) is 3.04. The molecular formula is C15H17NO5. The first-order valence-electron chi connectivity index (χ1n) is 6.59. The molecule has 0 aliphatic heterocycles. The fraction of sp³-hybridized carbons (Fsp3) is 0.333. The number of methoxy groups -OCH3 is 1. The average molecular weight is 291 g/mol. The van der Waals surface area contributed by atoms with Crippen molar-refractivity contribution in [3.8, 4) is 0 Å². The van der Waals surface area contributed by atoms with Crippen LogP contribution in [0.1, 0.15) is 17.0 Å². The summed E-state index contributed by atoms with van der Waals surface area (Å²) < 4.78 is 10.4. The van der Waals surface area contributed by atoms with E-state index in [2.05, 4.69) is 5.32 Å². The minimum atomic E-state index is -0.506. The number of fused-ring (bicyclic) bond motifs is 1. The normalized spacial score (nSPS) is 12.3. The number of hydrogen-bond acceptors (Lipinski definition) is 5. The second-order valence-corrected chi connectivity index (χ2v) is 4.61. The Morgan fingerprint density at radius 1 is 1.43 bits per heavy atom. The maximum Gasteiger partial charge on any atom is 0.287 e. The Morgan fingerprint density at radius 3 is 2.90 bits per heavy atom. The Balaban J connectivity index is 2.24. The van der Waals surface area contributed by atoms with E-state index in [0.29, 0.717) is 17.4 Å². The zero-order valence-electron chi connectivity index (χ0n) is 11.7. The van der Waals surface area contributed by atoms with Crippen LogP contribution in [-0.4, -0.2) is 37.4 Å². The number of amides is 1. The van der Waals surface area contributed by atoms with Crippen LogP contribution in [0.5, 0.6) is 0 Å². The molecule has 0 bridgehead atoms. The predicted octanol–water partition coefficient (Wildman–Crippen LogP) is 0.920. The molecule has 0 aliphatic carbocycles.